The fourth-order valence-corrected chi connectivity index (χ4v) is 2.44. The summed E-state index contributed by atoms with van der Waals surface area (Å²) in [6.07, 6.45) is 6.26. The number of carbonyl (C=O) groups excluding carboxylic acids is 1. The molecule has 0 fully saturated rings. The predicted molar refractivity (Wildman–Crippen MR) is 71.6 cm³/mol. The molecule has 0 saturated carbocycles. The van der Waals surface area contributed by atoms with Gasteiger partial charge in [0, 0.05) is 12.5 Å². The SMILES string of the molecule is NC(=O)c1nc(N)nc2c1ncn2[C@H]1C=C[C@@H](CO)C1. The molecule has 0 radical (unpaired) electrons. The van der Waals surface area contributed by atoms with Crippen LogP contribution in [-0.2, 0) is 0 Å². The minimum Gasteiger partial charge on any atom is -0.396 e. The van der Waals surface area contributed by atoms with E-state index in [1.54, 1.807) is 6.33 Å². The first kappa shape index (κ1) is 12.5. The topological polar surface area (TPSA) is 133 Å². The van der Waals surface area contributed by atoms with Gasteiger partial charge in [-0.15, -0.1) is 0 Å². The Morgan fingerprint density at radius 2 is 2.25 bits per heavy atom. The molecule has 2 atom stereocenters. The van der Waals surface area contributed by atoms with E-state index in [2.05, 4.69) is 15.0 Å². The molecule has 0 unspecified atom stereocenters. The van der Waals surface area contributed by atoms with Gasteiger partial charge >= 0.3 is 0 Å². The normalized spacial score (nSPS) is 21.6. The Kier molecular flexibility index (Phi) is 2.87. The third-order valence-electron chi connectivity index (χ3n) is 3.41. The number of allylic oxidation sites excluding steroid dienone is 1. The summed E-state index contributed by atoms with van der Waals surface area (Å²) in [5, 5.41) is 9.17. The van der Waals surface area contributed by atoms with Crippen molar-refractivity contribution in [3.63, 3.8) is 0 Å². The lowest BCUT2D eigenvalue weighted by molar-refractivity contribution is 0.0997. The molecule has 3 rings (SSSR count). The quantitative estimate of drug-likeness (QED) is 0.653. The van der Waals surface area contributed by atoms with E-state index < -0.39 is 5.91 Å². The highest BCUT2D eigenvalue weighted by Gasteiger charge is 2.23. The minimum absolute atomic E-state index is 0.0197. The molecule has 0 spiro atoms. The summed E-state index contributed by atoms with van der Waals surface area (Å²) < 4.78 is 1.81. The summed E-state index contributed by atoms with van der Waals surface area (Å²) in [7, 11) is 0. The van der Waals surface area contributed by atoms with Gasteiger partial charge in [-0.25, -0.2) is 9.97 Å². The van der Waals surface area contributed by atoms with Gasteiger partial charge in [-0.2, -0.15) is 4.98 Å². The van der Waals surface area contributed by atoms with Crippen molar-refractivity contribution < 1.29 is 9.90 Å². The zero-order valence-corrected chi connectivity index (χ0v) is 10.6. The third-order valence-corrected chi connectivity index (χ3v) is 3.41. The van der Waals surface area contributed by atoms with E-state index in [9.17, 15) is 9.90 Å². The van der Waals surface area contributed by atoms with Crippen LogP contribution in [0.2, 0.25) is 0 Å². The smallest absolute Gasteiger partial charge is 0.269 e. The lowest BCUT2D eigenvalue weighted by Gasteiger charge is -2.12. The van der Waals surface area contributed by atoms with Crippen molar-refractivity contribution >= 4 is 23.0 Å². The van der Waals surface area contributed by atoms with Crippen molar-refractivity contribution in [2.75, 3.05) is 12.3 Å². The van der Waals surface area contributed by atoms with Crippen LogP contribution in [0.1, 0.15) is 23.0 Å². The number of nitrogen functional groups attached to an aromatic ring is 1. The molecule has 0 aliphatic heterocycles. The van der Waals surface area contributed by atoms with Crippen LogP contribution < -0.4 is 11.5 Å². The van der Waals surface area contributed by atoms with Crippen molar-refractivity contribution in [1.82, 2.24) is 19.5 Å². The highest BCUT2D eigenvalue weighted by Crippen LogP contribution is 2.30. The van der Waals surface area contributed by atoms with Gasteiger partial charge in [0.25, 0.3) is 5.91 Å². The van der Waals surface area contributed by atoms with Gasteiger partial charge in [0.15, 0.2) is 11.3 Å². The maximum Gasteiger partial charge on any atom is 0.269 e. The average Bonchev–Trinajstić information content (AvgIpc) is 3.02. The van der Waals surface area contributed by atoms with Crippen LogP contribution in [0, 0.1) is 5.92 Å². The second-order valence-corrected chi connectivity index (χ2v) is 4.75. The molecule has 8 nitrogen and oxygen atoms in total. The van der Waals surface area contributed by atoms with Crippen molar-refractivity contribution in [2.24, 2.45) is 11.7 Å². The number of amides is 1. The average molecular weight is 274 g/mol. The fraction of sp³-hybridized carbons (Fsp3) is 0.333. The standard InChI is InChI=1S/C12H14N6O2/c13-10(20)8-9-11(17-12(14)16-8)18(5-15-9)7-2-1-6(3-7)4-19/h1-2,5-7,19H,3-4H2,(H2,13,20)(H2,14,16,17)/t6-,7+/m1/s1. The number of rotatable bonds is 3. The summed E-state index contributed by atoms with van der Waals surface area (Å²) in [6, 6.07) is 0.0205. The Balaban J connectivity index is 2.10. The molecule has 20 heavy (non-hydrogen) atoms. The first-order valence-electron chi connectivity index (χ1n) is 6.19. The Hall–Kier alpha value is -2.48. The molecule has 1 aliphatic carbocycles. The van der Waals surface area contributed by atoms with E-state index >= 15 is 0 Å². The Bertz CT molecular complexity index is 707. The molecule has 0 aromatic carbocycles. The van der Waals surface area contributed by atoms with E-state index in [1.165, 1.54) is 0 Å². The van der Waals surface area contributed by atoms with Crippen LogP contribution >= 0.6 is 0 Å². The van der Waals surface area contributed by atoms with Crippen molar-refractivity contribution in [2.45, 2.75) is 12.5 Å². The highest BCUT2D eigenvalue weighted by molar-refractivity contribution is 6.01. The molecular formula is C12H14N6O2. The van der Waals surface area contributed by atoms with Crippen LogP contribution in [0.3, 0.4) is 0 Å². The van der Waals surface area contributed by atoms with Crippen LogP contribution in [0.4, 0.5) is 5.95 Å². The first-order chi connectivity index (χ1) is 9.60. The molecule has 2 aromatic heterocycles. The van der Waals surface area contributed by atoms with E-state index in [4.69, 9.17) is 11.5 Å². The molecule has 0 bridgehead atoms. The van der Waals surface area contributed by atoms with Crippen molar-refractivity contribution in [1.29, 1.82) is 0 Å². The monoisotopic (exact) mass is 274 g/mol. The van der Waals surface area contributed by atoms with E-state index in [1.807, 2.05) is 16.7 Å². The van der Waals surface area contributed by atoms with Crippen LogP contribution in [0.25, 0.3) is 11.2 Å². The van der Waals surface area contributed by atoms with Crippen LogP contribution in [0.15, 0.2) is 18.5 Å². The van der Waals surface area contributed by atoms with Gasteiger partial charge in [-0.1, -0.05) is 12.2 Å². The first-order valence-corrected chi connectivity index (χ1v) is 6.19. The number of primary amides is 1. The number of nitrogens with two attached hydrogens (primary N) is 2. The summed E-state index contributed by atoms with van der Waals surface area (Å²) in [5.41, 5.74) is 11.7. The second kappa shape index (κ2) is 4.57. The summed E-state index contributed by atoms with van der Waals surface area (Å²) in [4.78, 5) is 23.5. The summed E-state index contributed by atoms with van der Waals surface area (Å²) >= 11 is 0. The lowest BCUT2D eigenvalue weighted by Crippen LogP contribution is -2.16. The molecule has 2 aromatic rings. The van der Waals surface area contributed by atoms with Crippen molar-refractivity contribution in [3.05, 3.63) is 24.2 Å². The van der Waals surface area contributed by atoms with Gasteiger partial charge in [0.05, 0.1) is 12.4 Å². The molecule has 1 amide bonds. The maximum absolute atomic E-state index is 11.4. The van der Waals surface area contributed by atoms with Gasteiger partial charge < -0.3 is 21.1 Å². The van der Waals surface area contributed by atoms with Crippen LogP contribution in [-0.4, -0.2) is 37.1 Å². The number of anilines is 1. The minimum atomic E-state index is -0.690. The number of aliphatic hydroxyl groups excluding tert-OH is 1. The number of aliphatic hydroxyl groups is 1. The van der Waals surface area contributed by atoms with Gasteiger partial charge in [0.2, 0.25) is 5.95 Å². The molecule has 1 aliphatic rings. The maximum atomic E-state index is 11.4. The van der Waals surface area contributed by atoms with Crippen molar-refractivity contribution in [3.8, 4) is 0 Å². The number of imidazole rings is 1. The van der Waals surface area contributed by atoms with E-state index in [0.717, 1.165) is 6.42 Å². The van der Waals surface area contributed by atoms with Gasteiger partial charge in [0.1, 0.15) is 5.52 Å². The largest absolute Gasteiger partial charge is 0.396 e. The van der Waals surface area contributed by atoms with E-state index in [0.29, 0.717) is 11.2 Å². The Morgan fingerprint density at radius 3 is 2.90 bits per heavy atom. The molecule has 5 N–H and O–H groups in total. The number of fused-ring (bicyclic) bond motifs is 1. The number of aromatic nitrogens is 4. The lowest BCUT2D eigenvalue weighted by atomic mass is 10.1. The molecule has 0 saturated heterocycles. The molecule has 104 valence electrons. The fourth-order valence-electron chi connectivity index (χ4n) is 2.44. The molecule has 8 heteroatoms. The zero-order valence-electron chi connectivity index (χ0n) is 10.6. The van der Waals surface area contributed by atoms with E-state index in [-0.39, 0.29) is 30.2 Å². The number of nitrogens with zero attached hydrogens (tertiary/aromatic N) is 4. The van der Waals surface area contributed by atoms with Crippen LogP contribution in [0.5, 0.6) is 0 Å². The Labute approximate surface area is 114 Å². The Morgan fingerprint density at radius 1 is 1.45 bits per heavy atom. The zero-order chi connectivity index (χ0) is 14.3. The van der Waals surface area contributed by atoms with Gasteiger partial charge in [-0.3, -0.25) is 4.79 Å². The number of carbonyl (C=O) groups is 1. The molecule has 2 heterocycles. The number of hydrogen-bond donors (Lipinski definition) is 3. The summed E-state index contributed by atoms with van der Waals surface area (Å²) in [5.74, 6) is -0.592. The number of hydrogen-bond acceptors (Lipinski definition) is 6. The highest BCUT2D eigenvalue weighted by atomic mass is 16.3. The third kappa shape index (κ3) is 1.90. The predicted octanol–water partition coefficient (Wildman–Crippen LogP) is -0.383. The van der Waals surface area contributed by atoms with Gasteiger partial charge in [-0.05, 0) is 6.42 Å². The molecular weight excluding hydrogens is 260 g/mol. The second-order valence-electron chi connectivity index (χ2n) is 4.75. The summed E-state index contributed by atoms with van der Waals surface area (Å²) in [6.45, 7) is 0.100.